The summed E-state index contributed by atoms with van der Waals surface area (Å²) in [7, 11) is 0. The van der Waals surface area contributed by atoms with Crippen molar-refractivity contribution in [3.05, 3.63) is 0 Å². The van der Waals surface area contributed by atoms with Gasteiger partial charge in [0.2, 0.25) is 0 Å². The lowest BCUT2D eigenvalue weighted by molar-refractivity contribution is -0.144. The Labute approximate surface area is 78.2 Å². The van der Waals surface area contributed by atoms with E-state index in [2.05, 4.69) is 17.9 Å². The molecule has 0 aliphatic rings. The summed E-state index contributed by atoms with van der Waals surface area (Å²) in [6, 6.07) is -0.336. The minimum absolute atomic E-state index is 0.263. The van der Waals surface area contributed by atoms with Crippen LogP contribution in [0.25, 0.3) is 0 Å². The fourth-order valence-corrected chi connectivity index (χ4v) is 1.00. The van der Waals surface area contributed by atoms with Gasteiger partial charge in [-0.25, -0.2) is 0 Å². The third-order valence-electron chi connectivity index (χ3n) is 1.29. The third-order valence-corrected chi connectivity index (χ3v) is 1.65. The molecule has 5 heteroatoms. The maximum atomic E-state index is 11.1. The van der Waals surface area contributed by atoms with Crippen molar-refractivity contribution in [2.75, 3.05) is 25.4 Å². The lowest BCUT2D eigenvalue weighted by Crippen LogP contribution is -2.41. The minimum atomic E-state index is -0.336. The number of nitrogens with two attached hydrogens (primary N) is 1. The van der Waals surface area contributed by atoms with Crippen molar-refractivity contribution >= 4 is 18.6 Å². The van der Waals surface area contributed by atoms with Gasteiger partial charge in [-0.15, -0.1) is 0 Å². The summed E-state index contributed by atoms with van der Waals surface area (Å²) in [5, 5.41) is 2.93. The van der Waals surface area contributed by atoms with E-state index < -0.39 is 0 Å². The molecule has 0 spiro atoms. The topological polar surface area (TPSA) is 64.3 Å². The Balaban J connectivity index is 3.71. The van der Waals surface area contributed by atoms with Gasteiger partial charge in [-0.3, -0.25) is 4.79 Å². The van der Waals surface area contributed by atoms with E-state index in [4.69, 9.17) is 10.5 Å². The number of carbonyl (C=O) groups excluding carboxylic acids is 1. The Morgan fingerprint density at radius 2 is 2.42 bits per heavy atom. The van der Waals surface area contributed by atoms with Crippen LogP contribution in [0.3, 0.4) is 0 Å². The molecule has 0 heterocycles. The Morgan fingerprint density at radius 1 is 1.75 bits per heavy atom. The molecule has 0 aliphatic heterocycles. The van der Waals surface area contributed by atoms with Crippen LogP contribution in [0.5, 0.6) is 0 Å². The lowest BCUT2D eigenvalue weighted by atomic mass is 10.3. The molecular weight excluding hydrogens is 176 g/mol. The molecule has 0 rings (SSSR count). The summed E-state index contributed by atoms with van der Waals surface area (Å²) >= 11 is 4.02. The van der Waals surface area contributed by atoms with Gasteiger partial charge in [0.15, 0.2) is 0 Å². The summed E-state index contributed by atoms with van der Waals surface area (Å²) in [4.78, 5) is 11.1. The van der Waals surface area contributed by atoms with Crippen molar-refractivity contribution in [3.63, 3.8) is 0 Å². The monoisotopic (exact) mass is 192 g/mol. The van der Waals surface area contributed by atoms with Crippen LogP contribution < -0.4 is 11.1 Å². The van der Waals surface area contributed by atoms with Crippen molar-refractivity contribution in [1.82, 2.24) is 5.32 Å². The molecule has 0 aromatic rings. The zero-order valence-corrected chi connectivity index (χ0v) is 8.14. The molecule has 0 fully saturated rings. The van der Waals surface area contributed by atoms with Crippen molar-refractivity contribution in [3.8, 4) is 0 Å². The fourth-order valence-electron chi connectivity index (χ4n) is 0.723. The second-order valence-electron chi connectivity index (χ2n) is 2.23. The second-order valence-corrected chi connectivity index (χ2v) is 2.60. The first-order chi connectivity index (χ1) is 5.76. The van der Waals surface area contributed by atoms with Crippen molar-refractivity contribution in [2.24, 2.45) is 5.73 Å². The van der Waals surface area contributed by atoms with Crippen LogP contribution in [0.1, 0.15) is 6.92 Å². The van der Waals surface area contributed by atoms with E-state index in [9.17, 15) is 4.79 Å². The lowest BCUT2D eigenvalue weighted by Gasteiger charge is -2.13. The summed E-state index contributed by atoms with van der Waals surface area (Å²) in [5.41, 5.74) is 5.27. The first-order valence-corrected chi connectivity index (χ1v) is 4.60. The Morgan fingerprint density at radius 3 is 2.83 bits per heavy atom. The van der Waals surface area contributed by atoms with Gasteiger partial charge in [-0.1, -0.05) is 0 Å². The van der Waals surface area contributed by atoms with E-state index in [0.29, 0.717) is 25.4 Å². The van der Waals surface area contributed by atoms with E-state index in [1.165, 1.54) is 0 Å². The molecule has 0 saturated heterocycles. The molecule has 72 valence electrons. The highest BCUT2D eigenvalue weighted by molar-refractivity contribution is 7.80. The number of ether oxygens (including phenoxy) is 1. The van der Waals surface area contributed by atoms with E-state index in [1.54, 1.807) is 6.92 Å². The fraction of sp³-hybridized carbons (Fsp3) is 0.857. The van der Waals surface area contributed by atoms with E-state index in [0.717, 1.165) is 0 Å². The second kappa shape index (κ2) is 7.39. The highest BCUT2D eigenvalue weighted by atomic mass is 32.1. The van der Waals surface area contributed by atoms with Crippen LogP contribution in [0.4, 0.5) is 0 Å². The van der Waals surface area contributed by atoms with Crippen LogP contribution >= 0.6 is 12.6 Å². The number of carbonyl (C=O) groups is 1. The van der Waals surface area contributed by atoms with Crippen LogP contribution in [0.2, 0.25) is 0 Å². The number of rotatable bonds is 6. The van der Waals surface area contributed by atoms with Gasteiger partial charge >= 0.3 is 5.97 Å². The maximum Gasteiger partial charge on any atom is 0.323 e. The molecule has 0 saturated carbocycles. The number of hydrogen-bond acceptors (Lipinski definition) is 5. The van der Waals surface area contributed by atoms with Gasteiger partial charge in [0.1, 0.15) is 6.04 Å². The SMILES string of the molecule is CCOC(=O)[C@H](CS)NCCN. The molecular formula is C7H16N2O2S. The van der Waals surface area contributed by atoms with E-state index >= 15 is 0 Å². The quantitative estimate of drug-likeness (QED) is 0.388. The minimum Gasteiger partial charge on any atom is -0.465 e. The molecule has 0 bridgehead atoms. The molecule has 1 atom stereocenters. The van der Waals surface area contributed by atoms with Gasteiger partial charge < -0.3 is 15.8 Å². The molecule has 0 radical (unpaired) electrons. The number of thiol groups is 1. The smallest absolute Gasteiger partial charge is 0.323 e. The van der Waals surface area contributed by atoms with Gasteiger partial charge in [0.05, 0.1) is 6.61 Å². The molecule has 0 aromatic heterocycles. The standard InChI is InChI=1S/C7H16N2O2S/c1-2-11-7(10)6(5-12)9-4-3-8/h6,9,12H,2-5,8H2,1H3/t6-/m0/s1. The van der Waals surface area contributed by atoms with E-state index in [-0.39, 0.29) is 12.0 Å². The van der Waals surface area contributed by atoms with Crippen molar-refractivity contribution in [2.45, 2.75) is 13.0 Å². The number of nitrogens with one attached hydrogen (secondary N) is 1. The normalized spacial score (nSPS) is 12.6. The predicted molar refractivity (Wildman–Crippen MR) is 51.3 cm³/mol. The Kier molecular flexibility index (Phi) is 7.23. The number of esters is 1. The zero-order valence-electron chi connectivity index (χ0n) is 7.25. The third kappa shape index (κ3) is 4.58. The Hall–Kier alpha value is -0.260. The van der Waals surface area contributed by atoms with Gasteiger partial charge in [-0.2, -0.15) is 12.6 Å². The maximum absolute atomic E-state index is 11.1. The first-order valence-electron chi connectivity index (χ1n) is 3.97. The van der Waals surface area contributed by atoms with Gasteiger partial charge in [-0.05, 0) is 6.92 Å². The van der Waals surface area contributed by atoms with Crippen molar-refractivity contribution < 1.29 is 9.53 Å². The van der Waals surface area contributed by atoms with Crippen LogP contribution in [-0.2, 0) is 9.53 Å². The largest absolute Gasteiger partial charge is 0.465 e. The average Bonchev–Trinajstić information content (AvgIpc) is 2.06. The van der Waals surface area contributed by atoms with Gasteiger partial charge in [0.25, 0.3) is 0 Å². The van der Waals surface area contributed by atoms with Crippen LogP contribution in [0, 0.1) is 0 Å². The molecule has 12 heavy (non-hydrogen) atoms. The summed E-state index contributed by atoms with van der Waals surface area (Å²) < 4.78 is 4.80. The highest BCUT2D eigenvalue weighted by Crippen LogP contribution is 1.91. The Bertz CT molecular complexity index is 133. The average molecular weight is 192 g/mol. The molecule has 0 aliphatic carbocycles. The van der Waals surface area contributed by atoms with Crippen LogP contribution in [0.15, 0.2) is 0 Å². The summed E-state index contributed by atoms with van der Waals surface area (Å²) in [5.74, 6) is 0.166. The molecule has 0 aromatic carbocycles. The predicted octanol–water partition coefficient (Wildman–Crippen LogP) is -0.604. The molecule has 4 nitrogen and oxygen atoms in total. The molecule has 0 unspecified atom stereocenters. The van der Waals surface area contributed by atoms with Crippen LogP contribution in [-0.4, -0.2) is 37.5 Å². The van der Waals surface area contributed by atoms with Gasteiger partial charge in [0, 0.05) is 18.8 Å². The number of hydrogen-bond donors (Lipinski definition) is 3. The highest BCUT2D eigenvalue weighted by Gasteiger charge is 2.15. The van der Waals surface area contributed by atoms with Crippen molar-refractivity contribution in [1.29, 1.82) is 0 Å². The zero-order chi connectivity index (χ0) is 9.40. The summed E-state index contributed by atoms with van der Waals surface area (Å²) in [6.45, 7) is 3.28. The van der Waals surface area contributed by atoms with E-state index in [1.807, 2.05) is 0 Å². The molecule has 0 amide bonds. The first kappa shape index (κ1) is 11.7. The summed E-state index contributed by atoms with van der Waals surface area (Å²) in [6.07, 6.45) is 0. The molecule has 3 N–H and O–H groups in total.